The van der Waals surface area contributed by atoms with Gasteiger partial charge in [0, 0.05) is 13.2 Å². The summed E-state index contributed by atoms with van der Waals surface area (Å²) in [6, 6.07) is 0. The highest BCUT2D eigenvalue weighted by Crippen LogP contribution is 2.36. The summed E-state index contributed by atoms with van der Waals surface area (Å²) in [4.78, 5) is 0. The lowest BCUT2D eigenvalue weighted by atomic mass is 10.1. The molecule has 1 aliphatic carbocycles. The van der Waals surface area contributed by atoms with Gasteiger partial charge in [-0.15, -0.1) is 0 Å². The molecule has 0 aromatic rings. The zero-order chi connectivity index (χ0) is 8.39. The first-order valence-corrected chi connectivity index (χ1v) is 5.14. The van der Waals surface area contributed by atoms with E-state index in [2.05, 4.69) is 12.2 Å². The van der Waals surface area contributed by atoms with Crippen molar-refractivity contribution < 1.29 is 4.74 Å². The number of hydrogen-bond donors (Lipinski definition) is 1. The first-order valence-electron chi connectivity index (χ1n) is 5.14. The zero-order valence-corrected chi connectivity index (χ0v) is 7.88. The quantitative estimate of drug-likeness (QED) is 0.684. The molecule has 0 radical (unpaired) electrons. The minimum Gasteiger partial charge on any atom is -0.381 e. The standard InChI is InChI=1S/C10H19NO/c1-8-4-10(8)6-11-5-9-2-3-12-7-9/h8-11H,2-7H2,1H3. The van der Waals surface area contributed by atoms with Crippen LogP contribution in [0.3, 0.4) is 0 Å². The van der Waals surface area contributed by atoms with E-state index in [1.807, 2.05) is 0 Å². The molecule has 1 saturated heterocycles. The van der Waals surface area contributed by atoms with Crippen molar-refractivity contribution in [1.29, 1.82) is 0 Å². The van der Waals surface area contributed by atoms with Gasteiger partial charge in [-0.3, -0.25) is 0 Å². The van der Waals surface area contributed by atoms with Gasteiger partial charge in [-0.25, -0.2) is 0 Å². The van der Waals surface area contributed by atoms with Crippen molar-refractivity contribution >= 4 is 0 Å². The van der Waals surface area contributed by atoms with E-state index in [9.17, 15) is 0 Å². The molecular formula is C10H19NO. The molecule has 0 spiro atoms. The maximum absolute atomic E-state index is 5.31. The van der Waals surface area contributed by atoms with E-state index in [0.717, 1.165) is 31.0 Å². The van der Waals surface area contributed by atoms with Crippen molar-refractivity contribution in [2.45, 2.75) is 19.8 Å². The lowest BCUT2D eigenvalue weighted by molar-refractivity contribution is 0.185. The van der Waals surface area contributed by atoms with Crippen molar-refractivity contribution in [3.63, 3.8) is 0 Å². The molecule has 1 N–H and O–H groups in total. The Balaban J connectivity index is 1.51. The van der Waals surface area contributed by atoms with Gasteiger partial charge >= 0.3 is 0 Å². The van der Waals surface area contributed by atoms with Gasteiger partial charge in [-0.2, -0.15) is 0 Å². The highest BCUT2D eigenvalue weighted by molar-refractivity contribution is 4.84. The van der Waals surface area contributed by atoms with Crippen LogP contribution in [-0.2, 0) is 4.74 Å². The van der Waals surface area contributed by atoms with Crippen LogP contribution in [0.2, 0.25) is 0 Å². The van der Waals surface area contributed by atoms with E-state index in [0.29, 0.717) is 0 Å². The van der Waals surface area contributed by atoms with Crippen LogP contribution in [0.5, 0.6) is 0 Å². The smallest absolute Gasteiger partial charge is 0.0507 e. The van der Waals surface area contributed by atoms with E-state index in [-0.39, 0.29) is 0 Å². The van der Waals surface area contributed by atoms with Gasteiger partial charge in [0.25, 0.3) is 0 Å². The lowest BCUT2D eigenvalue weighted by Crippen LogP contribution is -2.25. The normalized spacial score (nSPS) is 40.2. The average Bonchev–Trinajstić information content (AvgIpc) is 2.58. The van der Waals surface area contributed by atoms with Crippen LogP contribution < -0.4 is 5.32 Å². The third-order valence-electron chi connectivity index (χ3n) is 3.14. The van der Waals surface area contributed by atoms with Crippen molar-refractivity contribution in [3.8, 4) is 0 Å². The second kappa shape index (κ2) is 3.75. The first kappa shape index (κ1) is 8.52. The average molecular weight is 169 g/mol. The molecule has 0 aromatic heterocycles. The van der Waals surface area contributed by atoms with Crippen LogP contribution in [-0.4, -0.2) is 26.3 Å². The summed E-state index contributed by atoms with van der Waals surface area (Å²) in [6.45, 7) is 6.70. The Kier molecular flexibility index (Phi) is 2.66. The van der Waals surface area contributed by atoms with Gasteiger partial charge in [0.15, 0.2) is 0 Å². The van der Waals surface area contributed by atoms with Gasteiger partial charge in [-0.1, -0.05) is 6.92 Å². The number of hydrogen-bond acceptors (Lipinski definition) is 2. The third-order valence-corrected chi connectivity index (χ3v) is 3.14. The van der Waals surface area contributed by atoms with E-state index < -0.39 is 0 Å². The maximum atomic E-state index is 5.31. The second-order valence-electron chi connectivity index (χ2n) is 4.36. The molecular weight excluding hydrogens is 150 g/mol. The summed E-state index contributed by atoms with van der Waals surface area (Å²) in [5.41, 5.74) is 0. The Morgan fingerprint density at radius 3 is 2.83 bits per heavy atom. The molecule has 3 atom stereocenters. The molecule has 2 nitrogen and oxygen atoms in total. The first-order chi connectivity index (χ1) is 5.86. The highest BCUT2D eigenvalue weighted by atomic mass is 16.5. The summed E-state index contributed by atoms with van der Waals surface area (Å²) in [7, 11) is 0. The molecule has 1 aliphatic heterocycles. The van der Waals surface area contributed by atoms with Crippen LogP contribution in [0.25, 0.3) is 0 Å². The Hall–Kier alpha value is -0.0800. The number of ether oxygens (including phenoxy) is 1. The molecule has 3 unspecified atom stereocenters. The molecule has 70 valence electrons. The van der Waals surface area contributed by atoms with E-state index in [1.165, 1.54) is 25.9 Å². The van der Waals surface area contributed by atoms with E-state index in [1.54, 1.807) is 0 Å². The minimum atomic E-state index is 0.791. The van der Waals surface area contributed by atoms with Gasteiger partial charge in [-0.05, 0) is 37.1 Å². The highest BCUT2D eigenvalue weighted by Gasteiger charge is 2.31. The fourth-order valence-corrected chi connectivity index (χ4v) is 1.90. The van der Waals surface area contributed by atoms with Crippen LogP contribution in [0.1, 0.15) is 19.8 Å². The lowest BCUT2D eigenvalue weighted by Gasteiger charge is -2.08. The topological polar surface area (TPSA) is 21.3 Å². The fraction of sp³-hybridized carbons (Fsp3) is 1.00. The zero-order valence-electron chi connectivity index (χ0n) is 7.88. The summed E-state index contributed by atoms with van der Waals surface area (Å²) < 4.78 is 5.31. The predicted octanol–water partition coefficient (Wildman–Crippen LogP) is 1.27. The minimum absolute atomic E-state index is 0.791. The monoisotopic (exact) mass is 169 g/mol. The molecule has 0 aromatic carbocycles. The number of nitrogens with one attached hydrogen (secondary N) is 1. The Bertz CT molecular complexity index is 143. The fourth-order valence-electron chi connectivity index (χ4n) is 1.90. The molecule has 0 bridgehead atoms. The number of rotatable bonds is 4. The van der Waals surface area contributed by atoms with Crippen molar-refractivity contribution in [2.75, 3.05) is 26.3 Å². The molecule has 1 heterocycles. The summed E-state index contributed by atoms with van der Waals surface area (Å²) in [5, 5.41) is 3.54. The Morgan fingerprint density at radius 2 is 2.25 bits per heavy atom. The Morgan fingerprint density at radius 1 is 1.42 bits per heavy atom. The van der Waals surface area contributed by atoms with Crippen LogP contribution in [0.15, 0.2) is 0 Å². The van der Waals surface area contributed by atoms with Crippen LogP contribution >= 0.6 is 0 Å². The summed E-state index contributed by atoms with van der Waals surface area (Å²) in [5.74, 6) is 2.75. The van der Waals surface area contributed by atoms with Gasteiger partial charge < -0.3 is 10.1 Å². The predicted molar refractivity (Wildman–Crippen MR) is 49.1 cm³/mol. The van der Waals surface area contributed by atoms with Crippen molar-refractivity contribution in [2.24, 2.45) is 17.8 Å². The Labute approximate surface area is 74.7 Å². The molecule has 2 rings (SSSR count). The van der Waals surface area contributed by atoms with Gasteiger partial charge in [0.1, 0.15) is 0 Å². The molecule has 2 fully saturated rings. The van der Waals surface area contributed by atoms with Crippen LogP contribution in [0.4, 0.5) is 0 Å². The SMILES string of the molecule is CC1CC1CNCC1CCOC1. The third kappa shape index (κ3) is 2.20. The molecule has 12 heavy (non-hydrogen) atoms. The van der Waals surface area contributed by atoms with Gasteiger partial charge in [0.05, 0.1) is 6.61 Å². The maximum Gasteiger partial charge on any atom is 0.0507 e. The van der Waals surface area contributed by atoms with Crippen molar-refractivity contribution in [1.82, 2.24) is 5.32 Å². The van der Waals surface area contributed by atoms with E-state index >= 15 is 0 Å². The second-order valence-corrected chi connectivity index (χ2v) is 4.36. The van der Waals surface area contributed by atoms with Crippen molar-refractivity contribution in [3.05, 3.63) is 0 Å². The molecule has 1 saturated carbocycles. The van der Waals surface area contributed by atoms with Gasteiger partial charge in [0.2, 0.25) is 0 Å². The molecule has 0 amide bonds. The van der Waals surface area contributed by atoms with Crippen LogP contribution in [0, 0.1) is 17.8 Å². The molecule has 2 heteroatoms. The van der Waals surface area contributed by atoms with E-state index in [4.69, 9.17) is 4.74 Å². The summed E-state index contributed by atoms with van der Waals surface area (Å²) >= 11 is 0. The largest absolute Gasteiger partial charge is 0.381 e. The molecule has 2 aliphatic rings. The summed E-state index contributed by atoms with van der Waals surface area (Å²) in [6.07, 6.45) is 2.70.